The number of pyridine rings is 1. The quantitative estimate of drug-likeness (QED) is 0.399. The number of rotatable bonds is 3. The first-order valence-electron chi connectivity index (χ1n) is 11.0. The van der Waals surface area contributed by atoms with Gasteiger partial charge in [0.25, 0.3) is 0 Å². The maximum atomic E-state index is 16.1. The average molecular weight is 487 g/mol. The van der Waals surface area contributed by atoms with Gasteiger partial charge in [0.15, 0.2) is 5.82 Å². The highest BCUT2D eigenvalue weighted by atomic mass is 35.5. The van der Waals surface area contributed by atoms with Crippen LogP contribution in [0, 0.1) is 17.1 Å². The van der Waals surface area contributed by atoms with E-state index < -0.39 is 5.82 Å². The molecule has 0 atom stereocenters. The number of phenolic OH excluding ortho intramolecular Hbond substituents is 1. The molecule has 0 radical (unpaired) electrons. The van der Waals surface area contributed by atoms with Crippen LogP contribution < -0.4 is 4.90 Å². The third kappa shape index (κ3) is 3.82. The SMILES string of the molecule is C=CC(=O)N1CCN(c2c(C#N)cnc3c(F)c(-c4cc(O)cc5ccccc45)c(Cl)cc23)CC1. The van der Waals surface area contributed by atoms with Gasteiger partial charge in [-0.05, 0) is 40.6 Å². The Kier molecular flexibility index (Phi) is 5.75. The third-order valence-corrected chi connectivity index (χ3v) is 6.64. The molecule has 1 aliphatic heterocycles. The number of aromatic hydroxyl groups is 1. The standard InChI is InChI=1S/C27H20ClFN4O2/c1-2-23(35)32-7-9-33(10-8-32)27-17(14-30)15-31-26-21(27)13-22(28)24(25(26)29)20-12-18(34)11-16-5-3-4-6-19(16)20/h2-6,11-13,15,34H,1,7-10H2. The van der Waals surface area contributed by atoms with Crippen molar-refractivity contribution in [2.24, 2.45) is 0 Å². The van der Waals surface area contributed by atoms with Crippen molar-refractivity contribution in [1.29, 1.82) is 5.26 Å². The van der Waals surface area contributed by atoms with Gasteiger partial charge in [-0.3, -0.25) is 9.78 Å². The van der Waals surface area contributed by atoms with Crippen LogP contribution in [-0.2, 0) is 4.79 Å². The van der Waals surface area contributed by atoms with Gasteiger partial charge in [-0.2, -0.15) is 5.26 Å². The fraction of sp³-hybridized carbons (Fsp3) is 0.148. The lowest BCUT2D eigenvalue weighted by Gasteiger charge is -2.36. The topological polar surface area (TPSA) is 80.5 Å². The monoisotopic (exact) mass is 486 g/mol. The summed E-state index contributed by atoms with van der Waals surface area (Å²) in [6.45, 7) is 5.35. The van der Waals surface area contributed by atoms with Crippen molar-refractivity contribution >= 4 is 44.9 Å². The molecule has 2 heterocycles. The van der Waals surface area contributed by atoms with Gasteiger partial charge in [-0.15, -0.1) is 0 Å². The predicted octanol–water partition coefficient (Wildman–Crippen LogP) is 5.26. The van der Waals surface area contributed by atoms with E-state index in [1.807, 2.05) is 29.2 Å². The molecule has 3 aromatic carbocycles. The Morgan fingerprint density at radius 3 is 2.63 bits per heavy atom. The molecular formula is C27H20ClFN4O2. The van der Waals surface area contributed by atoms with E-state index in [4.69, 9.17) is 11.6 Å². The second-order valence-electron chi connectivity index (χ2n) is 8.31. The Morgan fingerprint density at radius 2 is 1.91 bits per heavy atom. The molecule has 174 valence electrons. The van der Waals surface area contributed by atoms with Gasteiger partial charge in [-0.1, -0.05) is 42.4 Å². The summed E-state index contributed by atoms with van der Waals surface area (Å²) < 4.78 is 16.1. The van der Waals surface area contributed by atoms with Crippen molar-refractivity contribution < 1.29 is 14.3 Å². The zero-order valence-corrected chi connectivity index (χ0v) is 19.4. The molecule has 1 amide bonds. The van der Waals surface area contributed by atoms with Crippen LogP contribution in [0.25, 0.3) is 32.8 Å². The lowest BCUT2D eigenvalue weighted by atomic mass is 9.95. The second-order valence-corrected chi connectivity index (χ2v) is 8.71. The van der Waals surface area contributed by atoms with Crippen LogP contribution >= 0.6 is 11.6 Å². The molecule has 1 aromatic heterocycles. The number of carbonyl (C=O) groups excluding carboxylic acids is 1. The van der Waals surface area contributed by atoms with Crippen LogP contribution in [0.3, 0.4) is 0 Å². The molecule has 8 heteroatoms. The molecule has 1 saturated heterocycles. The Morgan fingerprint density at radius 1 is 1.17 bits per heavy atom. The van der Waals surface area contributed by atoms with Crippen molar-refractivity contribution in [2.75, 3.05) is 31.1 Å². The van der Waals surface area contributed by atoms with Gasteiger partial charge in [0.05, 0.1) is 16.3 Å². The van der Waals surface area contributed by atoms with Crippen LogP contribution in [0.15, 0.2) is 61.3 Å². The van der Waals surface area contributed by atoms with E-state index in [0.29, 0.717) is 48.4 Å². The molecule has 1 aliphatic rings. The normalized spacial score (nSPS) is 13.7. The van der Waals surface area contributed by atoms with Crippen molar-refractivity contribution in [3.05, 3.63) is 77.7 Å². The minimum absolute atomic E-state index is 0.00492. The van der Waals surface area contributed by atoms with E-state index in [1.54, 1.807) is 17.0 Å². The first kappa shape index (κ1) is 22.6. The molecule has 0 bridgehead atoms. The third-order valence-electron chi connectivity index (χ3n) is 6.34. The number of nitriles is 1. The number of carbonyl (C=O) groups is 1. The molecule has 0 unspecified atom stereocenters. The maximum absolute atomic E-state index is 16.1. The van der Waals surface area contributed by atoms with Crippen molar-refractivity contribution in [3.8, 4) is 22.9 Å². The number of hydrogen-bond acceptors (Lipinski definition) is 5. The van der Waals surface area contributed by atoms with E-state index in [2.05, 4.69) is 17.6 Å². The average Bonchev–Trinajstić information content (AvgIpc) is 2.87. The van der Waals surface area contributed by atoms with Gasteiger partial charge in [-0.25, -0.2) is 4.39 Å². The van der Waals surface area contributed by atoms with E-state index in [0.717, 1.165) is 10.8 Å². The molecule has 35 heavy (non-hydrogen) atoms. The predicted molar refractivity (Wildman–Crippen MR) is 135 cm³/mol. The largest absolute Gasteiger partial charge is 0.508 e. The number of amides is 1. The molecule has 1 fully saturated rings. The summed E-state index contributed by atoms with van der Waals surface area (Å²) in [5, 5.41) is 22.1. The lowest BCUT2D eigenvalue weighted by molar-refractivity contribution is -0.126. The summed E-state index contributed by atoms with van der Waals surface area (Å²) in [6.07, 6.45) is 2.64. The summed E-state index contributed by atoms with van der Waals surface area (Å²) in [6, 6.07) is 14.2. The number of piperazine rings is 1. The zero-order chi connectivity index (χ0) is 24.7. The van der Waals surface area contributed by atoms with Crippen LogP contribution in [0.1, 0.15) is 5.56 Å². The molecule has 0 aliphatic carbocycles. The Labute approximate surface area is 206 Å². The molecule has 4 aromatic rings. The first-order chi connectivity index (χ1) is 16.9. The maximum Gasteiger partial charge on any atom is 0.246 e. The Balaban J connectivity index is 1.69. The molecule has 6 nitrogen and oxygen atoms in total. The number of hydrogen-bond donors (Lipinski definition) is 1. The summed E-state index contributed by atoms with van der Waals surface area (Å²) >= 11 is 6.67. The van der Waals surface area contributed by atoms with Gasteiger partial charge in [0.2, 0.25) is 5.91 Å². The first-order valence-corrected chi connectivity index (χ1v) is 11.4. The number of phenols is 1. The minimum Gasteiger partial charge on any atom is -0.508 e. The summed E-state index contributed by atoms with van der Waals surface area (Å²) in [4.78, 5) is 19.9. The second kappa shape index (κ2) is 8.90. The fourth-order valence-electron chi connectivity index (χ4n) is 4.70. The van der Waals surface area contributed by atoms with Crippen LogP contribution in [0.5, 0.6) is 5.75 Å². The Hall–Kier alpha value is -4.15. The fourth-order valence-corrected chi connectivity index (χ4v) is 5.00. The highest BCUT2D eigenvalue weighted by molar-refractivity contribution is 6.35. The highest BCUT2D eigenvalue weighted by Crippen LogP contribution is 2.42. The summed E-state index contributed by atoms with van der Waals surface area (Å²) in [7, 11) is 0. The number of aromatic nitrogens is 1. The van der Waals surface area contributed by atoms with Crippen LogP contribution in [0.2, 0.25) is 5.02 Å². The molecule has 1 N–H and O–H groups in total. The van der Waals surface area contributed by atoms with Crippen molar-refractivity contribution in [1.82, 2.24) is 9.88 Å². The van der Waals surface area contributed by atoms with E-state index >= 15 is 4.39 Å². The van der Waals surface area contributed by atoms with Crippen LogP contribution in [0.4, 0.5) is 10.1 Å². The van der Waals surface area contributed by atoms with E-state index in [9.17, 15) is 15.2 Å². The minimum atomic E-state index is -0.630. The number of halogens is 2. The van der Waals surface area contributed by atoms with Crippen molar-refractivity contribution in [2.45, 2.75) is 0 Å². The van der Waals surface area contributed by atoms with Gasteiger partial charge >= 0.3 is 0 Å². The molecular weight excluding hydrogens is 467 g/mol. The van der Waals surface area contributed by atoms with E-state index in [-0.39, 0.29) is 27.8 Å². The zero-order valence-electron chi connectivity index (χ0n) is 18.6. The number of benzene rings is 3. The molecule has 0 saturated carbocycles. The molecule has 5 rings (SSSR count). The van der Waals surface area contributed by atoms with Gasteiger partial charge in [0.1, 0.15) is 17.3 Å². The van der Waals surface area contributed by atoms with Crippen LogP contribution in [-0.4, -0.2) is 47.1 Å². The lowest BCUT2D eigenvalue weighted by Crippen LogP contribution is -2.48. The molecule has 0 spiro atoms. The summed E-state index contributed by atoms with van der Waals surface area (Å²) in [5.74, 6) is -0.786. The van der Waals surface area contributed by atoms with Crippen molar-refractivity contribution in [3.63, 3.8) is 0 Å². The number of anilines is 1. The highest BCUT2D eigenvalue weighted by Gasteiger charge is 2.26. The smallest absolute Gasteiger partial charge is 0.246 e. The number of nitrogens with zero attached hydrogens (tertiary/aromatic N) is 4. The van der Waals surface area contributed by atoms with E-state index in [1.165, 1.54) is 18.3 Å². The van der Waals surface area contributed by atoms with Gasteiger partial charge in [0, 0.05) is 43.3 Å². The Bertz CT molecular complexity index is 1560. The number of fused-ring (bicyclic) bond motifs is 2. The van der Waals surface area contributed by atoms with Gasteiger partial charge < -0.3 is 14.9 Å². The summed E-state index contributed by atoms with van der Waals surface area (Å²) in [5.41, 5.74) is 1.50.